The number of carbonyl (C=O) groups excluding carboxylic acids is 2. The molecule has 8 nitrogen and oxygen atoms in total. The number of furan rings is 1. The first-order valence-corrected chi connectivity index (χ1v) is 10.2. The highest BCUT2D eigenvalue weighted by molar-refractivity contribution is 6.07. The molecule has 0 saturated heterocycles. The van der Waals surface area contributed by atoms with E-state index in [-0.39, 0.29) is 23.8 Å². The highest BCUT2D eigenvalue weighted by Gasteiger charge is 2.26. The molecule has 8 heteroatoms. The molecule has 1 aliphatic heterocycles. The van der Waals surface area contributed by atoms with Crippen LogP contribution in [0.5, 0.6) is 0 Å². The Kier molecular flexibility index (Phi) is 4.82. The molecule has 0 fully saturated rings. The summed E-state index contributed by atoms with van der Waals surface area (Å²) in [6.45, 7) is 0.574. The average Bonchev–Trinajstić information content (AvgIpc) is 3.47. The van der Waals surface area contributed by atoms with E-state index in [4.69, 9.17) is 4.42 Å². The van der Waals surface area contributed by atoms with Gasteiger partial charge in [-0.05, 0) is 42.3 Å². The summed E-state index contributed by atoms with van der Waals surface area (Å²) in [5.41, 5.74) is 3.33. The second-order valence-corrected chi connectivity index (χ2v) is 7.71. The van der Waals surface area contributed by atoms with Crippen LogP contribution in [0, 0.1) is 0 Å². The molecule has 4 aromatic rings. The first-order chi connectivity index (χ1) is 15.5. The zero-order valence-corrected chi connectivity index (χ0v) is 17.4. The molecule has 2 amide bonds. The zero-order chi connectivity index (χ0) is 22.2. The lowest BCUT2D eigenvalue weighted by Gasteiger charge is -2.16. The molecule has 2 aromatic carbocycles. The third kappa shape index (κ3) is 3.45. The van der Waals surface area contributed by atoms with Crippen molar-refractivity contribution in [1.82, 2.24) is 9.78 Å². The van der Waals surface area contributed by atoms with Crippen molar-refractivity contribution in [2.45, 2.75) is 12.8 Å². The van der Waals surface area contributed by atoms with E-state index in [2.05, 4.69) is 10.4 Å². The normalized spacial score (nSPS) is 12.7. The molecule has 160 valence electrons. The highest BCUT2D eigenvalue weighted by Crippen LogP contribution is 2.31. The maximum Gasteiger partial charge on any atom is 0.274 e. The van der Waals surface area contributed by atoms with Gasteiger partial charge in [-0.2, -0.15) is 5.10 Å². The summed E-state index contributed by atoms with van der Waals surface area (Å²) < 4.78 is 6.27. The quantitative estimate of drug-likeness (QED) is 0.539. The summed E-state index contributed by atoms with van der Waals surface area (Å²) in [6, 6.07) is 14.3. The Balaban J connectivity index is 1.34. The molecule has 0 radical (unpaired) electrons. The highest BCUT2D eigenvalue weighted by atomic mass is 16.3. The predicted octanol–water partition coefficient (Wildman–Crippen LogP) is 2.91. The second kappa shape index (κ2) is 7.81. The number of hydrogen-bond acceptors (Lipinski definition) is 5. The maximum absolute atomic E-state index is 12.7. The molecule has 2 aromatic heterocycles. The number of nitrogens with one attached hydrogen (secondary N) is 1. The van der Waals surface area contributed by atoms with Crippen molar-refractivity contribution < 1.29 is 14.0 Å². The van der Waals surface area contributed by atoms with Crippen LogP contribution < -0.4 is 15.8 Å². The molecule has 5 rings (SSSR count). The first-order valence-electron chi connectivity index (χ1n) is 10.2. The van der Waals surface area contributed by atoms with E-state index in [1.165, 1.54) is 17.2 Å². The molecule has 0 saturated carbocycles. The largest absolute Gasteiger partial charge is 0.472 e. The molecular weight excluding hydrogens is 408 g/mol. The Hall–Kier alpha value is -4.20. The van der Waals surface area contributed by atoms with E-state index >= 15 is 0 Å². The van der Waals surface area contributed by atoms with E-state index < -0.39 is 0 Å². The van der Waals surface area contributed by atoms with Gasteiger partial charge in [0.25, 0.3) is 11.5 Å². The van der Waals surface area contributed by atoms with Gasteiger partial charge in [0.1, 0.15) is 6.26 Å². The number of hydrogen-bond donors (Lipinski definition) is 1. The van der Waals surface area contributed by atoms with Crippen molar-refractivity contribution >= 4 is 34.0 Å². The maximum atomic E-state index is 12.7. The van der Waals surface area contributed by atoms with Crippen molar-refractivity contribution in [1.29, 1.82) is 0 Å². The summed E-state index contributed by atoms with van der Waals surface area (Å²) in [6.07, 6.45) is 3.66. The lowest BCUT2D eigenvalue weighted by Crippen LogP contribution is -2.28. The number of benzene rings is 2. The fourth-order valence-electron chi connectivity index (χ4n) is 4.10. The third-order valence-electron chi connectivity index (χ3n) is 5.63. The topological polar surface area (TPSA) is 97.4 Å². The molecule has 1 aliphatic rings. The predicted molar refractivity (Wildman–Crippen MR) is 120 cm³/mol. The summed E-state index contributed by atoms with van der Waals surface area (Å²) in [5.74, 6) is -0.340. The lowest BCUT2D eigenvalue weighted by atomic mass is 10.1. The van der Waals surface area contributed by atoms with E-state index in [1.54, 1.807) is 42.3 Å². The molecule has 0 bridgehead atoms. The number of anilines is 2. The van der Waals surface area contributed by atoms with Gasteiger partial charge < -0.3 is 14.6 Å². The molecule has 0 atom stereocenters. The molecule has 1 N–H and O–H groups in total. The number of amides is 2. The van der Waals surface area contributed by atoms with Crippen LogP contribution in [-0.4, -0.2) is 28.1 Å². The number of fused-ring (bicyclic) bond motifs is 2. The Morgan fingerprint density at radius 2 is 1.94 bits per heavy atom. The molecule has 32 heavy (non-hydrogen) atoms. The number of rotatable bonds is 4. The van der Waals surface area contributed by atoms with Crippen LogP contribution in [0.15, 0.2) is 70.3 Å². The number of aromatic nitrogens is 2. The van der Waals surface area contributed by atoms with Gasteiger partial charge in [-0.1, -0.05) is 18.2 Å². The van der Waals surface area contributed by atoms with Gasteiger partial charge in [-0.3, -0.25) is 14.4 Å². The lowest BCUT2D eigenvalue weighted by molar-refractivity contribution is -0.115. The van der Waals surface area contributed by atoms with Gasteiger partial charge in [0.05, 0.1) is 29.3 Å². The van der Waals surface area contributed by atoms with E-state index in [9.17, 15) is 14.4 Å². The first kappa shape index (κ1) is 19.7. The van der Waals surface area contributed by atoms with Gasteiger partial charge in [-0.25, -0.2) is 4.68 Å². The van der Waals surface area contributed by atoms with Gasteiger partial charge in [0.15, 0.2) is 0 Å². The van der Waals surface area contributed by atoms with Gasteiger partial charge in [-0.15, -0.1) is 0 Å². The molecule has 3 heterocycles. The minimum absolute atomic E-state index is 0.0385. The SMILES string of the molecule is Cn1nc(CC(=O)Nc2ccc3c(c2)CCN3C(=O)c2ccoc2)c2ccccc2c1=O. The van der Waals surface area contributed by atoms with E-state index in [0.717, 1.165) is 11.3 Å². The molecule has 0 spiro atoms. The summed E-state index contributed by atoms with van der Waals surface area (Å²) in [4.78, 5) is 39.4. The smallest absolute Gasteiger partial charge is 0.274 e. The monoisotopic (exact) mass is 428 g/mol. The number of nitrogens with zero attached hydrogens (tertiary/aromatic N) is 3. The summed E-state index contributed by atoms with van der Waals surface area (Å²) in [7, 11) is 1.58. The van der Waals surface area contributed by atoms with Crippen LogP contribution in [0.25, 0.3) is 10.8 Å². The minimum Gasteiger partial charge on any atom is -0.472 e. The van der Waals surface area contributed by atoms with Crippen LogP contribution in [0.3, 0.4) is 0 Å². The van der Waals surface area contributed by atoms with Crippen LogP contribution in [0.4, 0.5) is 11.4 Å². The van der Waals surface area contributed by atoms with Crippen molar-refractivity contribution in [2.24, 2.45) is 7.05 Å². The van der Waals surface area contributed by atoms with Crippen molar-refractivity contribution in [3.63, 3.8) is 0 Å². The Morgan fingerprint density at radius 1 is 1.12 bits per heavy atom. The van der Waals surface area contributed by atoms with E-state index in [1.807, 2.05) is 18.2 Å². The Labute approximate surface area is 183 Å². The Morgan fingerprint density at radius 3 is 2.72 bits per heavy atom. The van der Waals surface area contributed by atoms with Crippen LogP contribution in [0.1, 0.15) is 21.6 Å². The molecule has 0 unspecified atom stereocenters. The second-order valence-electron chi connectivity index (χ2n) is 7.71. The van der Waals surface area contributed by atoms with Crippen LogP contribution in [-0.2, 0) is 24.7 Å². The third-order valence-corrected chi connectivity index (χ3v) is 5.63. The summed E-state index contributed by atoms with van der Waals surface area (Å²) in [5, 5.41) is 8.40. The summed E-state index contributed by atoms with van der Waals surface area (Å²) >= 11 is 0. The standard InChI is InChI=1S/C24H20N4O4/c1-27-24(31)19-5-3-2-4-18(19)20(26-27)13-22(29)25-17-6-7-21-15(12-17)8-10-28(21)23(30)16-9-11-32-14-16/h2-7,9,11-12,14H,8,10,13H2,1H3,(H,25,29). The van der Waals surface area contributed by atoms with Crippen LogP contribution >= 0.6 is 0 Å². The molecular formula is C24H20N4O4. The van der Waals surface area contributed by atoms with Gasteiger partial charge in [0, 0.05) is 30.4 Å². The van der Waals surface area contributed by atoms with E-state index in [0.29, 0.717) is 40.7 Å². The fourth-order valence-corrected chi connectivity index (χ4v) is 4.10. The van der Waals surface area contributed by atoms with Crippen LogP contribution in [0.2, 0.25) is 0 Å². The Bertz CT molecular complexity index is 1410. The van der Waals surface area contributed by atoms with Crippen molar-refractivity contribution in [3.05, 3.63) is 88.2 Å². The average molecular weight is 428 g/mol. The fraction of sp³-hybridized carbons (Fsp3) is 0.167. The van der Waals surface area contributed by atoms with Gasteiger partial charge >= 0.3 is 0 Å². The zero-order valence-electron chi connectivity index (χ0n) is 17.4. The minimum atomic E-state index is -0.231. The van der Waals surface area contributed by atoms with Crippen molar-refractivity contribution in [3.8, 4) is 0 Å². The number of aryl methyl sites for hydroxylation is 1. The molecule has 0 aliphatic carbocycles. The number of carbonyl (C=O) groups is 2. The van der Waals surface area contributed by atoms with Crippen molar-refractivity contribution in [2.75, 3.05) is 16.8 Å². The van der Waals surface area contributed by atoms with Gasteiger partial charge in [0.2, 0.25) is 5.91 Å².